The van der Waals surface area contributed by atoms with Crippen molar-refractivity contribution in [3.63, 3.8) is 0 Å². The molecule has 2 rings (SSSR count). The van der Waals surface area contributed by atoms with Crippen LogP contribution in [-0.4, -0.2) is 25.1 Å². The highest BCUT2D eigenvalue weighted by Gasteiger charge is 2.12. The van der Waals surface area contributed by atoms with Gasteiger partial charge in [-0.1, -0.05) is 12.1 Å². The normalized spacial score (nSPS) is 10.3. The average molecular weight is 315 g/mol. The first-order valence-corrected chi connectivity index (χ1v) is 6.62. The molecule has 0 unspecified atom stereocenters. The minimum atomic E-state index is -0.917. The summed E-state index contributed by atoms with van der Waals surface area (Å²) < 4.78 is 17.7. The quantitative estimate of drug-likeness (QED) is 0.514. The summed E-state index contributed by atoms with van der Waals surface area (Å²) in [5.74, 6) is -1.51. The predicted molar refractivity (Wildman–Crippen MR) is 83.8 cm³/mol. The highest BCUT2D eigenvalue weighted by Crippen LogP contribution is 2.14. The van der Waals surface area contributed by atoms with Gasteiger partial charge in [0.05, 0.1) is 13.3 Å². The molecule has 6 nitrogen and oxygen atoms in total. The van der Waals surface area contributed by atoms with E-state index in [2.05, 4.69) is 15.8 Å². The molecule has 2 aromatic rings. The van der Waals surface area contributed by atoms with Crippen LogP contribution in [0.2, 0.25) is 0 Å². The molecule has 23 heavy (non-hydrogen) atoms. The van der Waals surface area contributed by atoms with Crippen molar-refractivity contribution in [2.45, 2.75) is 0 Å². The highest BCUT2D eigenvalue weighted by molar-refractivity contribution is 6.39. The molecule has 0 saturated heterocycles. The van der Waals surface area contributed by atoms with Crippen molar-refractivity contribution in [3.05, 3.63) is 59.9 Å². The monoisotopic (exact) mass is 315 g/mol. The van der Waals surface area contributed by atoms with Gasteiger partial charge in [-0.15, -0.1) is 0 Å². The van der Waals surface area contributed by atoms with E-state index in [1.165, 1.54) is 37.6 Å². The summed E-state index contributed by atoms with van der Waals surface area (Å²) in [5.41, 5.74) is 3.13. The number of carbonyl (C=O) groups is 2. The van der Waals surface area contributed by atoms with E-state index in [-0.39, 0.29) is 5.82 Å². The molecule has 0 atom stereocenters. The number of nitrogens with one attached hydrogen (secondary N) is 2. The lowest BCUT2D eigenvalue weighted by atomic mass is 10.2. The molecule has 0 aliphatic heterocycles. The molecule has 118 valence electrons. The van der Waals surface area contributed by atoms with E-state index in [1.807, 2.05) is 0 Å². The van der Waals surface area contributed by atoms with E-state index in [0.717, 1.165) is 0 Å². The number of nitrogens with zero attached hydrogens (tertiary/aromatic N) is 1. The standard InChI is InChI=1S/C16H14FN3O3/c1-23-14-8-6-13(7-9-14)19-15(21)16(22)20-18-10-11-2-4-12(17)5-3-11/h2-10H,1H3,(H,19,21)(H,20,22)/b18-10+. The number of amides is 2. The van der Waals surface area contributed by atoms with Gasteiger partial charge in [0.1, 0.15) is 11.6 Å². The molecule has 0 heterocycles. The first-order valence-electron chi connectivity index (χ1n) is 6.62. The molecule has 2 aromatic carbocycles. The number of anilines is 1. The van der Waals surface area contributed by atoms with Crippen molar-refractivity contribution < 1.29 is 18.7 Å². The maximum Gasteiger partial charge on any atom is 0.329 e. The van der Waals surface area contributed by atoms with Crippen molar-refractivity contribution in [3.8, 4) is 5.75 Å². The van der Waals surface area contributed by atoms with Gasteiger partial charge < -0.3 is 10.1 Å². The molecule has 0 aromatic heterocycles. The molecule has 0 aliphatic rings. The molecular formula is C16H14FN3O3. The predicted octanol–water partition coefficient (Wildman–Crippen LogP) is 1.92. The zero-order valence-corrected chi connectivity index (χ0v) is 12.2. The van der Waals surface area contributed by atoms with Crippen LogP contribution in [0.1, 0.15) is 5.56 Å². The number of halogens is 1. The molecule has 0 aliphatic carbocycles. The van der Waals surface area contributed by atoms with Gasteiger partial charge in [-0.05, 0) is 42.0 Å². The van der Waals surface area contributed by atoms with Gasteiger partial charge in [0, 0.05) is 5.69 Å². The van der Waals surface area contributed by atoms with E-state index in [9.17, 15) is 14.0 Å². The summed E-state index contributed by atoms with van der Waals surface area (Å²) >= 11 is 0. The van der Waals surface area contributed by atoms with Crippen molar-refractivity contribution in [1.29, 1.82) is 0 Å². The van der Waals surface area contributed by atoms with Crippen molar-refractivity contribution in [2.24, 2.45) is 5.10 Å². The fourth-order valence-corrected chi connectivity index (χ4v) is 1.63. The van der Waals surface area contributed by atoms with Crippen LogP contribution in [0.3, 0.4) is 0 Å². The van der Waals surface area contributed by atoms with Crippen LogP contribution < -0.4 is 15.5 Å². The molecular weight excluding hydrogens is 301 g/mol. The molecule has 2 amide bonds. The zero-order valence-electron chi connectivity index (χ0n) is 12.2. The molecule has 0 saturated carbocycles. The summed E-state index contributed by atoms with van der Waals surface area (Å²) in [6, 6.07) is 12.0. The Morgan fingerprint density at radius 1 is 1.04 bits per heavy atom. The minimum Gasteiger partial charge on any atom is -0.497 e. The summed E-state index contributed by atoms with van der Waals surface area (Å²) in [6.07, 6.45) is 1.30. The van der Waals surface area contributed by atoms with Crippen LogP contribution >= 0.6 is 0 Å². The first-order chi connectivity index (χ1) is 11.1. The molecule has 0 fully saturated rings. The third-order valence-electron chi connectivity index (χ3n) is 2.80. The first kappa shape index (κ1) is 16.2. The second-order valence-corrected chi connectivity index (χ2v) is 4.43. The molecule has 0 radical (unpaired) electrons. The summed E-state index contributed by atoms with van der Waals surface area (Å²) in [5, 5.41) is 6.05. The molecule has 0 spiro atoms. The van der Waals surface area contributed by atoms with Crippen molar-refractivity contribution in [1.82, 2.24) is 5.43 Å². The highest BCUT2D eigenvalue weighted by atomic mass is 19.1. The number of methoxy groups -OCH3 is 1. The van der Waals surface area contributed by atoms with Gasteiger partial charge >= 0.3 is 11.8 Å². The third kappa shape index (κ3) is 4.92. The number of hydrogen-bond acceptors (Lipinski definition) is 4. The summed E-state index contributed by atoms with van der Waals surface area (Å²) in [6.45, 7) is 0. The number of carbonyl (C=O) groups excluding carboxylic acids is 2. The molecule has 7 heteroatoms. The lowest BCUT2D eigenvalue weighted by Gasteiger charge is -2.05. The summed E-state index contributed by atoms with van der Waals surface area (Å²) in [4.78, 5) is 23.3. The maximum absolute atomic E-state index is 12.7. The van der Waals surface area contributed by atoms with E-state index in [4.69, 9.17) is 4.74 Å². The lowest BCUT2D eigenvalue weighted by Crippen LogP contribution is -2.32. The van der Waals surface area contributed by atoms with Crippen LogP contribution in [0, 0.1) is 5.82 Å². The number of hydrazone groups is 1. The second kappa shape index (κ2) is 7.69. The minimum absolute atomic E-state index is 0.370. The average Bonchev–Trinajstić information content (AvgIpc) is 2.57. The van der Waals surface area contributed by atoms with Gasteiger partial charge in [-0.3, -0.25) is 9.59 Å². The van der Waals surface area contributed by atoms with Gasteiger partial charge in [0.15, 0.2) is 0 Å². The Kier molecular flexibility index (Phi) is 5.40. The second-order valence-electron chi connectivity index (χ2n) is 4.43. The Bertz CT molecular complexity index is 712. The number of hydrogen-bond donors (Lipinski definition) is 2. The van der Waals surface area contributed by atoms with Gasteiger partial charge in [0.25, 0.3) is 0 Å². The van der Waals surface area contributed by atoms with Crippen molar-refractivity contribution >= 4 is 23.7 Å². The Hall–Kier alpha value is -3.22. The van der Waals surface area contributed by atoms with Crippen molar-refractivity contribution in [2.75, 3.05) is 12.4 Å². The third-order valence-corrected chi connectivity index (χ3v) is 2.80. The largest absolute Gasteiger partial charge is 0.497 e. The Balaban J connectivity index is 1.86. The Morgan fingerprint density at radius 3 is 2.30 bits per heavy atom. The lowest BCUT2D eigenvalue weighted by molar-refractivity contribution is -0.136. The van der Waals surface area contributed by atoms with Crippen LogP contribution in [0.15, 0.2) is 53.6 Å². The van der Waals surface area contributed by atoms with Crippen LogP contribution in [0.25, 0.3) is 0 Å². The number of ether oxygens (including phenoxy) is 1. The summed E-state index contributed by atoms with van der Waals surface area (Å²) in [7, 11) is 1.53. The fourth-order valence-electron chi connectivity index (χ4n) is 1.63. The van der Waals surface area contributed by atoms with Crippen LogP contribution in [0.5, 0.6) is 5.75 Å². The van der Waals surface area contributed by atoms with Gasteiger partial charge in [0.2, 0.25) is 0 Å². The van der Waals surface area contributed by atoms with E-state index in [0.29, 0.717) is 17.0 Å². The fraction of sp³-hybridized carbons (Fsp3) is 0.0625. The van der Waals surface area contributed by atoms with E-state index >= 15 is 0 Å². The number of benzene rings is 2. The topological polar surface area (TPSA) is 79.8 Å². The van der Waals surface area contributed by atoms with E-state index in [1.54, 1.807) is 24.3 Å². The maximum atomic E-state index is 12.7. The Morgan fingerprint density at radius 2 is 1.70 bits per heavy atom. The van der Waals surface area contributed by atoms with Crippen LogP contribution in [0.4, 0.5) is 10.1 Å². The molecule has 0 bridgehead atoms. The smallest absolute Gasteiger partial charge is 0.329 e. The van der Waals surface area contributed by atoms with Gasteiger partial charge in [-0.2, -0.15) is 5.10 Å². The molecule has 2 N–H and O–H groups in total. The van der Waals surface area contributed by atoms with Crippen LogP contribution in [-0.2, 0) is 9.59 Å². The Labute approximate surface area is 132 Å². The van der Waals surface area contributed by atoms with Gasteiger partial charge in [-0.25, -0.2) is 9.82 Å². The van der Waals surface area contributed by atoms with E-state index < -0.39 is 11.8 Å². The SMILES string of the molecule is COc1ccc(NC(=O)C(=O)N/N=C/c2ccc(F)cc2)cc1. The zero-order chi connectivity index (χ0) is 16.7. The number of rotatable bonds is 4.